The summed E-state index contributed by atoms with van der Waals surface area (Å²) in [6.07, 6.45) is 17.3. The van der Waals surface area contributed by atoms with E-state index in [-0.39, 0.29) is 473 Å². The molecule has 0 amide bonds. The summed E-state index contributed by atoms with van der Waals surface area (Å²) in [7, 11) is 17.6. The zero-order valence-corrected chi connectivity index (χ0v) is 110. The molecule has 726 valence electrons. The molecule has 7 heterocycles. The first-order chi connectivity index (χ1) is 59.6. The minimum absolute atomic E-state index is 0. The van der Waals surface area contributed by atoms with Crippen LogP contribution in [0.3, 0.4) is 0 Å². The third-order valence-electron chi connectivity index (χ3n) is 17.4. The number of terminal acetylenes is 2. The second-order valence-corrected chi connectivity index (χ2v) is 25.5. The van der Waals surface area contributed by atoms with Gasteiger partial charge in [-0.05, 0) is 80.1 Å². The number of rotatable bonds is 42. The van der Waals surface area contributed by atoms with Crippen LogP contribution in [0, 0.1) is 59.3 Å². The SMILES string of the molecule is C#CC.C#CCO.CC.CC.COCCC(CC(=O)OC)c1cc(CO)on1.COCCC(CC(=O)OC)c1noc(-c2ccon2)c1C.COCCC(CC(=O)OC)c1noc(/C(Cl)=N/O)c1C.COCCC(CC(=O)OC)c1noc(/C=N/O)c1C.COCCC(CC(=O)OC)c1noc(C=O)c1C.COCCC(CC(=O)OC)c1noc(CO)c1C.[Y].[Y].[Y].[Y].[Y].[Y].[Y].[Y].[Y].[Y]. The molecule has 51 heteroatoms. The zero-order valence-electron chi connectivity index (χ0n) is 80.9. The van der Waals surface area contributed by atoms with Crippen molar-refractivity contribution in [3.63, 3.8) is 0 Å². The Balaban J connectivity index is -0.000000115. The molecule has 7 aromatic heterocycles. The summed E-state index contributed by atoms with van der Waals surface area (Å²) < 4.78 is 93.3. The number of aliphatic hydroxyl groups is 3. The van der Waals surface area contributed by atoms with Gasteiger partial charge in [0.05, 0.1) is 115 Å². The van der Waals surface area contributed by atoms with Crippen LogP contribution in [0.15, 0.2) is 60.4 Å². The Morgan fingerprint density at radius 1 is 0.433 bits per heavy atom. The van der Waals surface area contributed by atoms with E-state index in [9.17, 15) is 33.6 Å². The van der Waals surface area contributed by atoms with E-state index in [1.165, 1.54) is 48.9 Å². The molecule has 0 aromatic carbocycles. The topological polar surface area (TPSA) is 538 Å². The molecule has 5 N–H and O–H groups in total. The van der Waals surface area contributed by atoms with E-state index in [1.54, 1.807) is 82.5 Å². The summed E-state index contributed by atoms with van der Waals surface area (Å²) >= 11 is 5.70. The predicted molar refractivity (Wildman–Crippen MR) is 447 cm³/mol. The number of aliphatic hydroxyl groups excluding tert-OH is 3. The molecule has 7 aromatic rings. The Morgan fingerprint density at radius 2 is 0.739 bits per heavy atom. The number of aromatic nitrogens is 7. The monoisotopic (exact) mass is 2670 g/mol. The summed E-state index contributed by atoms with van der Waals surface area (Å²) in [5.41, 5.74) is 8.09. The van der Waals surface area contributed by atoms with E-state index >= 15 is 0 Å². The fourth-order valence-corrected chi connectivity index (χ4v) is 11.0. The second-order valence-electron chi connectivity index (χ2n) is 25.1. The van der Waals surface area contributed by atoms with Crippen molar-refractivity contribution in [2.24, 2.45) is 10.3 Å². The first kappa shape index (κ1) is 162. The maximum Gasteiger partial charge on any atom is 0.306 e. The van der Waals surface area contributed by atoms with Crippen molar-refractivity contribution >= 4 is 65.1 Å². The summed E-state index contributed by atoms with van der Waals surface area (Å²) in [4.78, 5) is 79.1. The first-order valence-corrected chi connectivity index (χ1v) is 39.2. The van der Waals surface area contributed by atoms with Crippen molar-refractivity contribution in [3.8, 4) is 36.1 Å². The van der Waals surface area contributed by atoms with E-state index in [1.807, 2.05) is 47.5 Å². The van der Waals surface area contributed by atoms with Crippen LogP contribution in [-0.2, 0) is 426 Å². The van der Waals surface area contributed by atoms with Gasteiger partial charge in [-0.1, -0.05) is 91.6 Å². The number of carbonyl (C=O) groups is 7. The van der Waals surface area contributed by atoms with Crippen molar-refractivity contribution < 1.29 is 475 Å². The molecular formula is C83H126ClN9O31Y10. The van der Waals surface area contributed by atoms with Gasteiger partial charge in [0.1, 0.15) is 32.3 Å². The maximum absolute atomic E-state index is 11.6. The number of carbonyl (C=O) groups excluding carboxylic acids is 7. The van der Waals surface area contributed by atoms with Gasteiger partial charge >= 0.3 is 35.8 Å². The number of oxime groups is 2. The summed E-state index contributed by atoms with van der Waals surface area (Å²) in [5.74, 6) is 3.52. The molecule has 6 atom stereocenters. The summed E-state index contributed by atoms with van der Waals surface area (Å²) in [5, 5.41) is 75.7. The van der Waals surface area contributed by atoms with Crippen LogP contribution >= 0.6 is 11.6 Å². The number of hydrogen-bond donors (Lipinski definition) is 5. The minimum atomic E-state index is -0.350. The standard InChI is InChI=1S/C14H18N2O5.C12H17ClN2O5.C12H18N2O5.C12H19NO5.C12H17NO5.C11H17NO5.C3H4O.C3H4.2C2H6.10Y/c1-9-13(10(4-6-18-2)8-12(17)19-3)16-21-14(9)11-5-7-20-15-11;1-7-10(15-20-11(7)12(13)14-17)8(4-5-18-2)6-9(16)19-3;1-8-10(7-13-16)19-14-12(8)9(4-5-17-2)6-11(15)18-3;2*1-8-10(7-14)18-13-12(8)9(4-5-16-2)6-11(15)17-3;1-15-4-3-8(5-11(14)16-2)10-6-9(7-13)17-12-10;1-2-3-4;1-3-2;2*1-2;;;;;;;;;;/h5,7,10H,4,6,8H2,1-3H3;8,17H,4-6H2,1-3H3;7,9,16H,4-6H2,1-3H3;9,14H,4-7H2,1-3H3;7,9H,4-6H2,1-3H3;6,8,13H,3-5,7H2,1-2H3;1,4H,3H2;1H,2H3;2*1-2H3;;;;;;;;;;/b;14-12-;13-7+;;;;;;;;;;;;;;;;;. The van der Waals surface area contributed by atoms with E-state index < -0.39 is 0 Å². The van der Waals surface area contributed by atoms with E-state index in [0.29, 0.717) is 153 Å². The van der Waals surface area contributed by atoms with Gasteiger partial charge < -0.3 is 114 Å². The summed E-state index contributed by atoms with van der Waals surface area (Å²) in [6, 6.07) is 3.34. The molecule has 0 bridgehead atoms. The molecule has 0 saturated heterocycles. The Morgan fingerprint density at radius 3 is 1.02 bits per heavy atom. The van der Waals surface area contributed by atoms with Crippen LogP contribution in [0.2, 0.25) is 0 Å². The van der Waals surface area contributed by atoms with Crippen molar-refractivity contribution in [3.05, 3.63) is 109 Å². The van der Waals surface area contributed by atoms with Gasteiger partial charge in [0.2, 0.25) is 16.7 Å². The van der Waals surface area contributed by atoms with Crippen LogP contribution in [-0.4, -0.2) is 247 Å². The quantitative estimate of drug-likeness (QED) is 0.00451. The number of hydrogen-bond acceptors (Lipinski definition) is 40. The molecule has 134 heavy (non-hydrogen) atoms. The number of halogens is 1. The second kappa shape index (κ2) is 104. The van der Waals surface area contributed by atoms with Crippen LogP contribution < -0.4 is 0 Å². The number of ether oxygens (including phenoxy) is 12. The number of nitrogens with zero attached hydrogens (tertiary/aromatic N) is 9. The Labute approximate surface area is 1040 Å². The van der Waals surface area contributed by atoms with Gasteiger partial charge in [-0.15, -0.1) is 18.8 Å². The van der Waals surface area contributed by atoms with Gasteiger partial charge in [-0.25, -0.2) is 0 Å². The Bertz CT molecular complexity index is 4220. The molecule has 10 radical (unpaired) electrons. The maximum atomic E-state index is 11.6. The molecule has 0 saturated carbocycles. The average Bonchev–Trinajstić information content (AvgIpc) is 1.68. The zero-order chi connectivity index (χ0) is 94.5. The first-order valence-electron chi connectivity index (χ1n) is 38.8. The minimum Gasteiger partial charge on any atom is -0.469 e. The third kappa shape index (κ3) is 66.2. The van der Waals surface area contributed by atoms with Gasteiger partial charge in [0.15, 0.2) is 35.0 Å². The molecule has 0 aliphatic carbocycles. The van der Waals surface area contributed by atoms with Gasteiger partial charge in [0.25, 0.3) is 0 Å². The van der Waals surface area contributed by atoms with Gasteiger partial charge in [-0.2, -0.15) is 0 Å². The molecule has 0 fully saturated rings. The van der Waals surface area contributed by atoms with Crippen molar-refractivity contribution in [1.29, 1.82) is 0 Å². The molecule has 7 rings (SSSR count). The number of esters is 6. The van der Waals surface area contributed by atoms with Crippen molar-refractivity contribution in [2.45, 2.75) is 195 Å². The summed E-state index contributed by atoms with van der Waals surface area (Å²) in [6.45, 7) is 21.1. The molecule has 0 spiro atoms. The van der Waals surface area contributed by atoms with E-state index in [0.717, 1.165) is 28.6 Å². The fraction of sp³-hybridized carbons (Fsp3) is 0.590. The average molecular weight is 2670 g/mol. The third-order valence-corrected chi connectivity index (χ3v) is 17.6. The van der Waals surface area contributed by atoms with Crippen molar-refractivity contribution in [1.82, 2.24) is 36.1 Å². The van der Waals surface area contributed by atoms with E-state index in [2.05, 4.69) is 88.9 Å². The largest absolute Gasteiger partial charge is 0.469 e. The Kier molecular flexibility index (Phi) is 126. The molecule has 0 aliphatic heterocycles. The van der Waals surface area contributed by atoms with Crippen LogP contribution in [0.5, 0.6) is 0 Å². The van der Waals surface area contributed by atoms with Crippen LogP contribution in [0.1, 0.15) is 243 Å². The van der Waals surface area contributed by atoms with Crippen LogP contribution in [0.25, 0.3) is 11.5 Å². The van der Waals surface area contributed by atoms with Gasteiger partial charge in [-0.3, -0.25) is 33.6 Å². The van der Waals surface area contributed by atoms with E-state index in [4.69, 9.17) is 102 Å². The Hall–Kier alpha value is -0.0110. The molecular weight excluding hydrogens is 2540 g/mol. The molecule has 40 nitrogen and oxygen atoms in total. The number of methoxy groups -OCH3 is 12. The molecule has 0 aliphatic rings. The fourth-order valence-electron chi connectivity index (χ4n) is 10.8. The normalized spacial score (nSPS) is 10.9. The number of aldehydes is 1. The van der Waals surface area contributed by atoms with Crippen molar-refractivity contribution in [2.75, 3.05) is 132 Å². The smallest absolute Gasteiger partial charge is 0.306 e. The molecule has 6 unspecified atom stereocenters. The predicted octanol–water partition coefficient (Wildman–Crippen LogP) is 11.6. The van der Waals surface area contributed by atoms with Crippen LogP contribution in [0.4, 0.5) is 0 Å². The van der Waals surface area contributed by atoms with Gasteiger partial charge in [0, 0.05) is 485 Å².